The Hall–Kier alpha value is -0.120. The van der Waals surface area contributed by atoms with Crippen molar-refractivity contribution in [2.45, 2.75) is 58.6 Å². The highest BCUT2D eigenvalue weighted by molar-refractivity contribution is 4.74. The van der Waals surface area contributed by atoms with Crippen molar-refractivity contribution in [1.29, 1.82) is 0 Å². The minimum atomic E-state index is -0.0733. The van der Waals surface area contributed by atoms with E-state index < -0.39 is 0 Å². The molecule has 0 bridgehead atoms. The lowest BCUT2D eigenvalue weighted by atomic mass is 10.0. The summed E-state index contributed by atoms with van der Waals surface area (Å²) in [4.78, 5) is 0. The molecule has 0 unspecified atom stereocenters. The van der Waals surface area contributed by atoms with Crippen LogP contribution >= 0.6 is 0 Å². The molecule has 0 saturated heterocycles. The Labute approximate surface area is 101 Å². The van der Waals surface area contributed by atoms with E-state index in [0.29, 0.717) is 0 Å². The second-order valence-electron chi connectivity index (χ2n) is 5.49. The monoisotopic (exact) mass is 231 g/mol. The van der Waals surface area contributed by atoms with Crippen molar-refractivity contribution in [3.63, 3.8) is 0 Å². The number of methoxy groups -OCH3 is 1. The van der Waals surface area contributed by atoms with E-state index in [-0.39, 0.29) is 11.1 Å². The van der Waals surface area contributed by atoms with Crippen LogP contribution in [0.4, 0.5) is 0 Å². The minimum absolute atomic E-state index is 0.0733. The molecule has 0 fully saturated rings. The molecule has 0 aliphatic heterocycles. The van der Waals surface area contributed by atoms with Crippen LogP contribution in [0.2, 0.25) is 0 Å². The zero-order valence-corrected chi connectivity index (χ0v) is 11.9. The third-order valence-corrected chi connectivity index (χ3v) is 3.13. The minimum Gasteiger partial charge on any atom is -0.380 e. The van der Waals surface area contributed by atoms with E-state index in [2.05, 4.69) is 39.9 Å². The Balaban J connectivity index is 3.42. The van der Waals surface area contributed by atoms with Crippen LogP contribution < -0.4 is 5.32 Å². The smallest absolute Gasteiger partial charge is 0.0644 e. The van der Waals surface area contributed by atoms with Gasteiger partial charge < -0.3 is 14.8 Å². The molecule has 0 aliphatic rings. The fourth-order valence-corrected chi connectivity index (χ4v) is 1.11. The van der Waals surface area contributed by atoms with Gasteiger partial charge in [-0.25, -0.2) is 0 Å². The summed E-state index contributed by atoms with van der Waals surface area (Å²) in [5, 5.41) is 3.46. The molecular formula is C13H29NO2. The van der Waals surface area contributed by atoms with Crippen LogP contribution in [0.3, 0.4) is 0 Å². The third kappa shape index (κ3) is 8.08. The molecule has 1 N–H and O–H groups in total. The van der Waals surface area contributed by atoms with Gasteiger partial charge >= 0.3 is 0 Å². The number of nitrogens with one attached hydrogen (secondary N) is 1. The predicted molar refractivity (Wildman–Crippen MR) is 68.9 cm³/mol. The maximum Gasteiger partial charge on any atom is 0.0644 e. The average Bonchev–Trinajstić information content (AvgIpc) is 2.23. The molecule has 16 heavy (non-hydrogen) atoms. The van der Waals surface area contributed by atoms with E-state index in [1.54, 1.807) is 7.11 Å². The van der Waals surface area contributed by atoms with Gasteiger partial charge in [0.1, 0.15) is 0 Å². The summed E-state index contributed by atoms with van der Waals surface area (Å²) in [6, 6.07) is 0. The molecule has 0 aromatic rings. The van der Waals surface area contributed by atoms with Crippen LogP contribution in [0.25, 0.3) is 0 Å². The van der Waals surface area contributed by atoms with Gasteiger partial charge in [0.2, 0.25) is 0 Å². The van der Waals surface area contributed by atoms with Crippen molar-refractivity contribution in [1.82, 2.24) is 5.32 Å². The molecule has 0 aromatic heterocycles. The normalized spacial score (nSPS) is 13.1. The Bertz CT molecular complexity index is 159. The molecule has 0 radical (unpaired) electrons. The lowest BCUT2D eigenvalue weighted by molar-refractivity contribution is -0.00976. The van der Waals surface area contributed by atoms with Crippen molar-refractivity contribution in [2.24, 2.45) is 0 Å². The summed E-state index contributed by atoms with van der Waals surface area (Å²) in [5.41, 5.74) is 0.144. The van der Waals surface area contributed by atoms with Gasteiger partial charge in [-0.15, -0.1) is 0 Å². The molecule has 0 aromatic carbocycles. The number of ether oxygens (including phenoxy) is 2. The maximum atomic E-state index is 5.57. The Morgan fingerprint density at radius 3 is 2.19 bits per heavy atom. The fourth-order valence-electron chi connectivity index (χ4n) is 1.11. The van der Waals surface area contributed by atoms with E-state index in [0.717, 1.165) is 32.6 Å². The summed E-state index contributed by atoms with van der Waals surface area (Å²) in [7, 11) is 1.74. The van der Waals surface area contributed by atoms with E-state index >= 15 is 0 Å². The third-order valence-electron chi connectivity index (χ3n) is 3.13. The molecular weight excluding hydrogens is 202 g/mol. The van der Waals surface area contributed by atoms with E-state index in [1.807, 2.05) is 0 Å². The zero-order valence-electron chi connectivity index (χ0n) is 11.9. The summed E-state index contributed by atoms with van der Waals surface area (Å²) in [5.74, 6) is 0. The molecule has 3 nitrogen and oxygen atoms in total. The van der Waals surface area contributed by atoms with Crippen molar-refractivity contribution < 1.29 is 9.47 Å². The molecule has 0 rings (SSSR count). The second kappa shape index (κ2) is 7.25. The van der Waals surface area contributed by atoms with Gasteiger partial charge in [0.25, 0.3) is 0 Å². The van der Waals surface area contributed by atoms with E-state index in [1.165, 1.54) is 0 Å². The molecule has 0 spiro atoms. The van der Waals surface area contributed by atoms with Crippen molar-refractivity contribution in [2.75, 3.05) is 26.9 Å². The van der Waals surface area contributed by atoms with Gasteiger partial charge in [-0.3, -0.25) is 0 Å². The fraction of sp³-hybridized carbons (Fsp3) is 1.00. The number of hydrogen-bond donors (Lipinski definition) is 1. The lowest BCUT2D eigenvalue weighted by Crippen LogP contribution is -2.40. The first-order valence-corrected chi connectivity index (χ1v) is 6.21. The zero-order chi connectivity index (χ0) is 12.7. The summed E-state index contributed by atoms with van der Waals surface area (Å²) in [6.07, 6.45) is 2.06. The highest BCUT2D eigenvalue weighted by atomic mass is 16.5. The standard InChI is InChI=1S/C13H29NO2/c1-7-12(2,3)14-9-11-16-10-8-13(4,5)15-6/h14H,7-11H2,1-6H3. The van der Waals surface area contributed by atoms with Gasteiger partial charge in [-0.2, -0.15) is 0 Å². The largest absolute Gasteiger partial charge is 0.380 e. The van der Waals surface area contributed by atoms with Gasteiger partial charge in [-0.1, -0.05) is 6.92 Å². The molecule has 0 saturated carbocycles. The first kappa shape index (κ1) is 15.9. The van der Waals surface area contributed by atoms with Crippen LogP contribution in [-0.4, -0.2) is 38.0 Å². The Morgan fingerprint density at radius 2 is 1.69 bits per heavy atom. The second-order valence-corrected chi connectivity index (χ2v) is 5.49. The Kier molecular flexibility index (Phi) is 7.20. The van der Waals surface area contributed by atoms with Crippen LogP contribution in [0.1, 0.15) is 47.5 Å². The first-order chi connectivity index (χ1) is 7.33. The Morgan fingerprint density at radius 1 is 1.06 bits per heavy atom. The van der Waals surface area contributed by atoms with Crippen LogP contribution in [0.5, 0.6) is 0 Å². The highest BCUT2D eigenvalue weighted by Crippen LogP contribution is 2.12. The van der Waals surface area contributed by atoms with Crippen LogP contribution in [0, 0.1) is 0 Å². The lowest BCUT2D eigenvalue weighted by Gasteiger charge is -2.25. The number of rotatable bonds is 9. The van der Waals surface area contributed by atoms with Crippen molar-refractivity contribution in [3.8, 4) is 0 Å². The van der Waals surface area contributed by atoms with Gasteiger partial charge in [0.15, 0.2) is 0 Å². The summed E-state index contributed by atoms with van der Waals surface area (Å²) in [6.45, 7) is 13.2. The van der Waals surface area contributed by atoms with Crippen molar-refractivity contribution >= 4 is 0 Å². The molecule has 0 atom stereocenters. The molecule has 0 amide bonds. The van der Waals surface area contributed by atoms with E-state index in [9.17, 15) is 0 Å². The highest BCUT2D eigenvalue weighted by Gasteiger charge is 2.16. The van der Waals surface area contributed by atoms with Crippen LogP contribution in [0.15, 0.2) is 0 Å². The van der Waals surface area contributed by atoms with Gasteiger partial charge in [0.05, 0.1) is 12.2 Å². The molecule has 3 heteroatoms. The maximum absolute atomic E-state index is 5.57. The molecule has 0 heterocycles. The predicted octanol–water partition coefficient (Wildman–Crippen LogP) is 2.60. The summed E-state index contributed by atoms with van der Waals surface area (Å²) < 4.78 is 10.9. The average molecular weight is 231 g/mol. The molecule has 0 aliphatic carbocycles. The van der Waals surface area contributed by atoms with Gasteiger partial charge in [0, 0.05) is 25.8 Å². The number of hydrogen-bond acceptors (Lipinski definition) is 3. The SMILES string of the molecule is CCC(C)(C)NCCOCCC(C)(C)OC. The topological polar surface area (TPSA) is 30.5 Å². The van der Waals surface area contributed by atoms with E-state index in [4.69, 9.17) is 9.47 Å². The van der Waals surface area contributed by atoms with Crippen LogP contribution in [-0.2, 0) is 9.47 Å². The summed E-state index contributed by atoms with van der Waals surface area (Å²) >= 11 is 0. The van der Waals surface area contributed by atoms with Crippen molar-refractivity contribution in [3.05, 3.63) is 0 Å². The first-order valence-electron chi connectivity index (χ1n) is 6.21. The van der Waals surface area contributed by atoms with Gasteiger partial charge in [-0.05, 0) is 40.5 Å². The quantitative estimate of drug-likeness (QED) is 0.619. The molecule has 98 valence electrons.